The smallest absolute Gasteiger partial charge is 0.126 e. The Morgan fingerprint density at radius 1 is 1.16 bits per heavy atom. The molecule has 0 saturated heterocycles. The Kier molecular flexibility index (Phi) is 3.82. The first-order valence-corrected chi connectivity index (χ1v) is 6.13. The molecule has 0 aliphatic heterocycles. The molecule has 1 N–H and O–H groups in total. The Morgan fingerprint density at radius 2 is 1.84 bits per heavy atom. The highest BCUT2D eigenvalue weighted by Gasteiger charge is 2.07. The molecule has 0 heterocycles. The van der Waals surface area contributed by atoms with Gasteiger partial charge in [-0.15, -0.1) is 0 Å². The zero-order chi connectivity index (χ0) is 13.8. The highest BCUT2D eigenvalue weighted by atomic mass is 19.1. The first kappa shape index (κ1) is 13.1. The summed E-state index contributed by atoms with van der Waals surface area (Å²) in [7, 11) is 0. The van der Waals surface area contributed by atoms with Gasteiger partial charge in [0, 0.05) is 11.7 Å². The monoisotopic (exact) mass is 254 g/mol. The number of hydrogen-bond acceptors (Lipinski definition) is 2. The van der Waals surface area contributed by atoms with E-state index in [1.165, 1.54) is 0 Å². The van der Waals surface area contributed by atoms with E-state index in [9.17, 15) is 4.39 Å². The SMILES string of the molecule is Cc1ccc(C(C)Nc2ccc(C#N)cc2)cc1F. The van der Waals surface area contributed by atoms with Crippen LogP contribution in [0.3, 0.4) is 0 Å². The van der Waals surface area contributed by atoms with Gasteiger partial charge in [0.25, 0.3) is 0 Å². The highest BCUT2D eigenvalue weighted by molar-refractivity contribution is 5.48. The van der Waals surface area contributed by atoms with Crippen LogP contribution in [0.5, 0.6) is 0 Å². The lowest BCUT2D eigenvalue weighted by molar-refractivity contribution is 0.614. The zero-order valence-corrected chi connectivity index (χ0v) is 10.9. The minimum absolute atomic E-state index is 0.00281. The van der Waals surface area contributed by atoms with E-state index < -0.39 is 0 Å². The van der Waals surface area contributed by atoms with Crippen molar-refractivity contribution >= 4 is 5.69 Å². The molecule has 0 aliphatic carbocycles. The van der Waals surface area contributed by atoms with Crippen LogP contribution >= 0.6 is 0 Å². The van der Waals surface area contributed by atoms with Gasteiger partial charge in [-0.05, 0) is 55.3 Å². The molecule has 0 saturated carbocycles. The Labute approximate surface area is 112 Å². The van der Waals surface area contributed by atoms with Gasteiger partial charge in [0.05, 0.1) is 11.6 Å². The summed E-state index contributed by atoms with van der Waals surface area (Å²) in [4.78, 5) is 0. The van der Waals surface area contributed by atoms with Crippen LogP contribution in [0.1, 0.15) is 29.7 Å². The van der Waals surface area contributed by atoms with Gasteiger partial charge >= 0.3 is 0 Å². The number of aryl methyl sites for hydroxylation is 1. The first-order valence-electron chi connectivity index (χ1n) is 6.13. The number of anilines is 1. The van der Waals surface area contributed by atoms with Crippen molar-refractivity contribution < 1.29 is 4.39 Å². The van der Waals surface area contributed by atoms with Crippen LogP contribution in [0.15, 0.2) is 42.5 Å². The van der Waals surface area contributed by atoms with Gasteiger partial charge in [-0.2, -0.15) is 5.26 Å². The number of benzene rings is 2. The van der Waals surface area contributed by atoms with Crippen LogP contribution in [-0.2, 0) is 0 Å². The Bertz CT molecular complexity index is 612. The largest absolute Gasteiger partial charge is 0.379 e. The van der Waals surface area contributed by atoms with E-state index in [2.05, 4.69) is 11.4 Å². The molecule has 0 aromatic heterocycles. The van der Waals surface area contributed by atoms with Crippen molar-refractivity contribution in [3.05, 3.63) is 65.0 Å². The molecule has 2 nitrogen and oxygen atoms in total. The van der Waals surface area contributed by atoms with E-state index in [-0.39, 0.29) is 11.9 Å². The van der Waals surface area contributed by atoms with Crippen LogP contribution in [0.4, 0.5) is 10.1 Å². The van der Waals surface area contributed by atoms with Crippen LogP contribution in [-0.4, -0.2) is 0 Å². The second kappa shape index (κ2) is 5.53. The Morgan fingerprint density at radius 3 is 2.42 bits per heavy atom. The maximum Gasteiger partial charge on any atom is 0.126 e. The topological polar surface area (TPSA) is 35.8 Å². The molecule has 0 bridgehead atoms. The molecule has 2 aromatic rings. The van der Waals surface area contributed by atoms with Gasteiger partial charge in [0.1, 0.15) is 5.82 Å². The number of hydrogen-bond donors (Lipinski definition) is 1. The second-order valence-corrected chi connectivity index (χ2v) is 4.56. The van der Waals surface area contributed by atoms with Crippen LogP contribution in [0.25, 0.3) is 0 Å². The molecular weight excluding hydrogens is 239 g/mol. The fraction of sp³-hybridized carbons (Fsp3) is 0.188. The molecule has 0 amide bonds. The number of nitriles is 1. The maximum absolute atomic E-state index is 13.5. The second-order valence-electron chi connectivity index (χ2n) is 4.56. The molecule has 96 valence electrons. The third-order valence-corrected chi connectivity index (χ3v) is 3.09. The quantitative estimate of drug-likeness (QED) is 0.891. The van der Waals surface area contributed by atoms with E-state index >= 15 is 0 Å². The van der Waals surface area contributed by atoms with Crippen LogP contribution in [0.2, 0.25) is 0 Å². The molecular formula is C16H15FN2. The number of nitrogens with zero attached hydrogens (tertiary/aromatic N) is 1. The van der Waals surface area contributed by atoms with Gasteiger partial charge in [-0.25, -0.2) is 4.39 Å². The van der Waals surface area contributed by atoms with E-state index in [0.717, 1.165) is 11.3 Å². The molecule has 0 aliphatic rings. The average molecular weight is 254 g/mol. The van der Waals surface area contributed by atoms with Crippen molar-refractivity contribution in [3.8, 4) is 6.07 Å². The predicted molar refractivity (Wildman–Crippen MR) is 74.3 cm³/mol. The maximum atomic E-state index is 13.5. The lowest BCUT2D eigenvalue weighted by Gasteiger charge is -2.16. The van der Waals surface area contributed by atoms with Gasteiger partial charge in [0.2, 0.25) is 0 Å². The van der Waals surface area contributed by atoms with Gasteiger partial charge in [0.15, 0.2) is 0 Å². The third kappa shape index (κ3) is 3.11. The van der Waals surface area contributed by atoms with Gasteiger partial charge < -0.3 is 5.32 Å². The molecule has 1 unspecified atom stereocenters. The number of rotatable bonds is 3. The molecule has 19 heavy (non-hydrogen) atoms. The number of nitrogens with one attached hydrogen (secondary N) is 1. The van der Waals surface area contributed by atoms with E-state index in [1.54, 1.807) is 31.2 Å². The lowest BCUT2D eigenvalue weighted by Crippen LogP contribution is -2.07. The predicted octanol–water partition coefficient (Wildman–Crippen LogP) is 4.18. The van der Waals surface area contributed by atoms with Crippen molar-refractivity contribution in [1.82, 2.24) is 0 Å². The standard InChI is InChI=1S/C16H15FN2/c1-11-3-6-14(9-16(11)17)12(2)19-15-7-4-13(10-18)5-8-15/h3-9,12,19H,1-2H3. The minimum Gasteiger partial charge on any atom is -0.379 e. The van der Waals surface area contributed by atoms with Crippen molar-refractivity contribution in [2.45, 2.75) is 19.9 Å². The third-order valence-electron chi connectivity index (χ3n) is 3.09. The van der Waals surface area contributed by atoms with E-state index in [1.807, 2.05) is 25.1 Å². The summed E-state index contributed by atoms with van der Waals surface area (Å²) < 4.78 is 13.5. The van der Waals surface area contributed by atoms with Crippen LogP contribution < -0.4 is 5.32 Å². The molecule has 2 rings (SSSR count). The summed E-state index contributed by atoms with van der Waals surface area (Å²) in [6, 6.07) is 14.5. The fourth-order valence-corrected chi connectivity index (χ4v) is 1.85. The van der Waals surface area contributed by atoms with E-state index in [4.69, 9.17) is 5.26 Å². The molecule has 0 radical (unpaired) electrons. The summed E-state index contributed by atoms with van der Waals surface area (Å²) in [5.74, 6) is -0.189. The van der Waals surface area contributed by atoms with Crippen LogP contribution in [0, 0.1) is 24.1 Å². The summed E-state index contributed by atoms with van der Waals surface area (Å²) in [6.07, 6.45) is 0. The highest BCUT2D eigenvalue weighted by Crippen LogP contribution is 2.21. The summed E-state index contributed by atoms with van der Waals surface area (Å²) >= 11 is 0. The molecule has 0 fully saturated rings. The molecule has 3 heteroatoms. The first-order chi connectivity index (χ1) is 9.10. The molecule has 2 aromatic carbocycles. The van der Waals surface area contributed by atoms with Gasteiger partial charge in [-0.3, -0.25) is 0 Å². The van der Waals surface area contributed by atoms with Gasteiger partial charge in [-0.1, -0.05) is 12.1 Å². The van der Waals surface area contributed by atoms with E-state index in [0.29, 0.717) is 11.1 Å². The summed E-state index contributed by atoms with van der Waals surface area (Å²) in [5, 5.41) is 12.0. The number of halogens is 1. The fourth-order valence-electron chi connectivity index (χ4n) is 1.85. The average Bonchev–Trinajstić information content (AvgIpc) is 2.42. The van der Waals surface area contributed by atoms with Crippen molar-refractivity contribution in [3.63, 3.8) is 0 Å². The molecule has 1 atom stereocenters. The van der Waals surface area contributed by atoms with Crippen molar-refractivity contribution in [2.24, 2.45) is 0 Å². The van der Waals surface area contributed by atoms with Crippen molar-refractivity contribution in [1.29, 1.82) is 5.26 Å². The lowest BCUT2D eigenvalue weighted by atomic mass is 10.1. The Hall–Kier alpha value is -2.34. The molecule has 0 spiro atoms. The minimum atomic E-state index is -0.189. The zero-order valence-electron chi connectivity index (χ0n) is 10.9. The summed E-state index contributed by atoms with van der Waals surface area (Å²) in [5.41, 5.74) is 3.08. The van der Waals surface area contributed by atoms with Crippen molar-refractivity contribution in [2.75, 3.05) is 5.32 Å². The normalized spacial score (nSPS) is 11.7. The Balaban J connectivity index is 2.13. The summed E-state index contributed by atoms with van der Waals surface area (Å²) in [6.45, 7) is 3.72.